The Labute approximate surface area is 157 Å². The van der Waals surface area contributed by atoms with Crippen LogP contribution >= 0.6 is 11.6 Å². The summed E-state index contributed by atoms with van der Waals surface area (Å²) in [5.41, 5.74) is 4.69. The Hall–Kier alpha value is -3.17. The molecule has 0 radical (unpaired) electrons. The highest BCUT2D eigenvalue weighted by Crippen LogP contribution is 2.27. The normalized spacial score (nSPS) is 11.1. The minimum Gasteiger partial charge on any atom is -0.337 e. The smallest absolute Gasteiger partial charge is 0.172 e. The lowest BCUT2D eigenvalue weighted by molar-refractivity contribution is 1.28. The summed E-state index contributed by atoms with van der Waals surface area (Å²) in [5, 5.41) is 3.66. The van der Waals surface area contributed by atoms with E-state index in [4.69, 9.17) is 11.6 Å². The van der Waals surface area contributed by atoms with Gasteiger partial charge in [0.15, 0.2) is 11.0 Å². The lowest BCUT2D eigenvalue weighted by Crippen LogP contribution is -1.98. The van der Waals surface area contributed by atoms with Crippen molar-refractivity contribution in [3.63, 3.8) is 0 Å². The van der Waals surface area contributed by atoms with Crippen molar-refractivity contribution >= 4 is 46.3 Å². The molecule has 0 unspecified atom stereocenters. The lowest BCUT2D eigenvalue weighted by atomic mass is 10.1. The van der Waals surface area contributed by atoms with Crippen LogP contribution in [0.15, 0.2) is 78.9 Å². The molecule has 0 saturated heterocycles. The minimum atomic E-state index is 0.352. The maximum atomic E-state index is 6.32. The number of halogens is 1. The van der Waals surface area contributed by atoms with E-state index in [1.165, 1.54) is 0 Å². The summed E-state index contributed by atoms with van der Waals surface area (Å²) in [4.78, 5) is 9.02. The fourth-order valence-corrected chi connectivity index (χ4v) is 2.87. The van der Waals surface area contributed by atoms with Crippen molar-refractivity contribution in [3.8, 4) is 0 Å². The van der Waals surface area contributed by atoms with Crippen LogP contribution in [0.4, 0.5) is 11.5 Å². The van der Waals surface area contributed by atoms with Crippen LogP contribution in [0.1, 0.15) is 11.1 Å². The highest BCUT2D eigenvalue weighted by Gasteiger charge is 2.08. The summed E-state index contributed by atoms with van der Waals surface area (Å²) in [6.45, 7) is 0. The molecule has 0 bridgehead atoms. The third-order valence-corrected chi connectivity index (χ3v) is 4.26. The number of aromatic nitrogens is 2. The second-order valence-electron chi connectivity index (χ2n) is 5.81. The molecule has 0 atom stereocenters. The van der Waals surface area contributed by atoms with Gasteiger partial charge in [0.25, 0.3) is 0 Å². The van der Waals surface area contributed by atoms with Gasteiger partial charge >= 0.3 is 0 Å². The van der Waals surface area contributed by atoms with Gasteiger partial charge in [-0.25, -0.2) is 9.97 Å². The molecule has 1 heterocycles. The average molecular weight is 358 g/mol. The van der Waals surface area contributed by atoms with Gasteiger partial charge in [0.05, 0.1) is 11.0 Å². The molecule has 0 fully saturated rings. The maximum absolute atomic E-state index is 6.32. The zero-order valence-corrected chi connectivity index (χ0v) is 14.7. The van der Waals surface area contributed by atoms with Gasteiger partial charge in [0.1, 0.15) is 0 Å². The molecule has 0 spiro atoms. The zero-order valence-electron chi connectivity index (χ0n) is 13.9. The second-order valence-corrected chi connectivity index (χ2v) is 6.17. The monoisotopic (exact) mass is 357 g/mol. The molecule has 3 nitrogen and oxygen atoms in total. The van der Waals surface area contributed by atoms with Crippen molar-refractivity contribution in [2.75, 3.05) is 5.32 Å². The zero-order chi connectivity index (χ0) is 17.8. The topological polar surface area (TPSA) is 37.8 Å². The Bertz CT molecular complexity index is 1070. The standard InChI is InChI=1S/C22H16ClN3/c23-21-22(26-20-13-7-6-12-19(20)24-21)25-18-11-5-4-10-17(18)15-14-16-8-2-1-3-9-16/h1-15H,(H,25,26). The molecular formula is C22H16ClN3. The molecule has 3 aromatic carbocycles. The van der Waals surface area contributed by atoms with Crippen LogP contribution < -0.4 is 5.32 Å². The molecule has 0 saturated carbocycles. The van der Waals surface area contributed by atoms with Gasteiger partial charge in [-0.15, -0.1) is 0 Å². The summed E-state index contributed by atoms with van der Waals surface area (Å²) in [6, 6.07) is 25.9. The Kier molecular flexibility index (Phi) is 4.63. The minimum absolute atomic E-state index is 0.352. The van der Waals surface area contributed by atoms with Crippen LogP contribution in [0, 0.1) is 0 Å². The number of benzene rings is 3. The van der Waals surface area contributed by atoms with Gasteiger partial charge in [-0.3, -0.25) is 0 Å². The summed E-state index contributed by atoms with van der Waals surface area (Å²) < 4.78 is 0. The Balaban J connectivity index is 1.67. The van der Waals surface area contributed by atoms with Crippen LogP contribution in [0.3, 0.4) is 0 Å². The molecule has 0 aliphatic carbocycles. The van der Waals surface area contributed by atoms with Crippen molar-refractivity contribution in [2.24, 2.45) is 0 Å². The van der Waals surface area contributed by atoms with E-state index in [2.05, 4.69) is 39.6 Å². The summed E-state index contributed by atoms with van der Waals surface area (Å²) in [5.74, 6) is 0.547. The number of anilines is 2. The van der Waals surface area contributed by atoms with Crippen molar-refractivity contribution in [3.05, 3.63) is 95.1 Å². The van der Waals surface area contributed by atoms with Gasteiger partial charge in [-0.2, -0.15) is 0 Å². The number of para-hydroxylation sites is 3. The first-order valence-corrected chi connectivity index (χ1v) is 8.69. The Morgan fingerprint density at radius 2 is 1.35 bits per heavy atom. The first-order valence-electron chi connectivity index (χ1n) is 8.31. The SMILES string of the molecule is Clc1nc2ccccc2nc1Nc1ccccc1C=Cc1ccccc1. The third kappa shape index (κ3) is 3.58. The van der Waals surface area contributed by atoms with E-state index in [0.29, 0.717) is 11.0 Å². The van der Waals surface area contributed by atoms with Gasteiger partial charge in [-0.1, -0.05) is 84.4 Å². The number of rotatable bonds is 4. The fraction of sp³-hybridized carbons (Fsp3) is 0. The molecule has 4 aromatic rings. The van der Waals surface area contributed by atoms with Crippen molar-refractivity contribution in [1.29, 1.82) is 0 Å². The number of hydrogen-bond donors (Lipinski definition) is 1. The van der Waals surface area contributed by atoms with E-state index in [0.717, 1.165) is 27.8 Å². The molecular weight excluding hydrogens is 342 g/mol. The average Bonchev–Trinajstić information content (AvgIpc) is 2.69. The molecule has 126 valence electrons. The third-order valence-electron chi connectivity index (χ3n) is 4.00. The van der Waals surface area contributed by atoms with E-state index < -0.39 is 0 Å². The Morgan fingerprint density at radius 3 is 2.15 bits per heavy atom. The molecule has 0 aliphatic rings. The summed E-state index contributed by atoms with van der Waals surface area (Å²) >= 11 is 6.32. The predicted molar refractivity (Wildman–Crippen MR) is 110 cm³/mol. The quantitative estimate of drug-likeness (QED) is 0.442. The molecule has 0 amide bonds. The first kappa shape index (κ1) is 16.3. The summed E-state index contributed by atoms with van der Waals surface area (Å²) in [7, 11) is 0. The molecule has 1 N–H and O–H groups in total. The van der Waals surface area contributed by atoms with Gasteiger partial charge in [0.2, 0.25) is 0 Å². The molecule has 26 heavy (non-hydrogen) atoms. The highest BCUT2D eigenvalue weighted by atomic mass is 35.5. The number of hydrogen-bond acceptors (Lipinski definition) is 3. The Morgan fingerprint density at radius 1 is 0.692 bits per heavy atom. The van der Waals surface area contributed by atoms with Crippen LogP contribution in [-0.2, 0) is 0 Å². The number of fused-ring (bicyclic) bond motifs is 1. The predicted octanol–water partition coefficient (Wildman–Crippen LogP) is 6.20. The first-order chi connectivity index (χ1) is 12.8. The number of nitrogens with zero attached hydrogens (tertiary/aromatic N) is 2. The van der Waals surface area contributed by atoms with Crippen LogP contribution in [0.25, 0.3) is 23.2 Å². The fourth-order valence-electron chi connectivity index (χ4n) is 2.69. The van der Waals surface area contributed by atoms with Crippen molar-refractivity contribution in [1.82, 2.24) is 9.97 Å². The van der Waals surface area contributed by atoms with Crippen LogP contribution in [-0.4, -0.2) is 9.97 Å². The van der Waals surface area contributed by atoms with Gasteiger partial charge in [-0.05, 0) is 29.3 Å². The van der Waals surface area contributed by atoms with Crippen LogP contribution in [0.5, 0.6) is 0 Å². The van der Waals surface area contributed by atoms with E-state index in [1.807, 2.05) is 66.7 Å². The second kappa shape index (κ2) is 7.38. The largest absolute Gasteiger partial charge is 0.337 e. The molecule has 1 aromatic heterocycles. The maximum Gasteiger partial charge on any atom is 0.172 e. The van der Waals surface area contributed by atoms with E-state index in [9.17, 15) is 0 Å². The van der Waals surface area contributed by atoms with Crippen molar-refractivity contribution in [2.45, 2.75) is 0 Å². The van der Waals surface area contributed by atoms with E-state index >= 15 is 0 Å². The lowest BCUT2D eigenvalue weighted by Gasteiger charge is -2.11. The van der Waals surface area contributed by atoms with E-state index in [1.54, 1.807) is 0 Å². The van der Waals surface area contributed by atoms with Gasteiger partial charge < -0.3 is 5.32 Å². The molecule has 0 aliphatic heterocycles. The van der Waals surface area contributed by atoms with Crippen molar-refractivity contribution < 1.29 is 0 Å². The van der Waals surface area contributed by atoms with Crippen LogP contribution in [0.2, 0.25) is 5.15 Å². The number of nitrogens with one attached hydrogen (secondary N) is 1. The molecule has 4 heteroatoms. The highest BCUT2D eigenvalue weighted by molar-refractivity contribution is 6.32. The molecule has 4 rings (SSSR count). The summed E-state index contributed by atoms with van der Waals surface area (Å²) in [6.07, 6.45) is 4.15. The van der Waals surface area contributed by atoms with Gasteiger partial charge in [0, 0.05) is 5.69 Å². The van der Waals surface area contributed by atoms with E-state index in [-0.39, 0.29) is 0 Å².